The molecule has 5 nitrogen and oxygen atoms in total. The van der Waals surface area contributed by atoms with E-state index in [2.05, 4.69) is 35.3 Å². The predicted octanol–water partition coefficient (Wildman–Crippen LogP) is 3.75. The van der Waals surface area contributed by atoms with E-state index in [1.54, 1.807) is 12.1 Å². The number of anilines is 1. The number of fused-ring (bicyclic) bond motifs is 1. The lowest BCUT2D eigenvalue weighted by Gasteiger charge is -2.29. The second-order valence-electron chi connectivity index (χ2n) is 6.15. The summed E-state index contributed by atoms with van der Waals surface area (Å²) in [6, 6.07) is 13.5. The Bertz CT molecular complexity index is 888. The maximum absolute atomic E-state index is 10.2. The average molecular weight is 350 g/mol. The molecule has 1 aliphatic heterocycles. The van der Waals surface area contributed by atoms with E-state index in [1.165, 1.54) is 0 Å². The van der Waals surface area contributed by atoms with Crippen molar-refractivity contribution < 1.29 is 5.11 Å². The summed E-state index contributed by atoms with van der Waals surface area (Å²) in [5, 5.41) is 14.6. The van der Waals surface area contributed by atoms with E-state index < -0.39 is 0 Å². The topological polar surface area (TPSA) is 61.3 Å². The first-order valence-corrected chi connectivity index (χ1v) is 9.25. The van der Waals surface area contributed by atoms with Crippen LogP contribution < -0.4 is 10.2 Å². The minimum Gasteiger partial charge on any atom is -0.507 e. The number of aryl methyl sites for hydroxylation is 1. The molecule has 0 radical (unpaired) electrons. The lowest BCUT2D eigenvalue weighted by molar-refractivity contribution is 0.477. The highest BCUT2D eigenvalue weighted by atomic mass is 16.3. The number of benzene rings is 2. The minimum absolute atomic E-state index is 0.204. The molecule has 26 heavy (non-hydrogen) atoms. The maximum Gasteiger partial charge on any atom is 0.165 e. The second kappa shape index (κ2) is 8.15. The van der Waals surface area contributed by atoms with Gasteiger partial charge in [0.1, 0.15) is 11.6 Å². The van der Waals surface area contributed by atoms with Crippen molar-refractivity contribution in [1.29, 1.82) is 0 Å². The Labute approximate surface area is 154 Å². The molecule has 2 heterocycles. The van der Waals surface area contributed by atoms with Crippen LogP contribution in [0.15, 0.2) is 42.5 Å². The van der Waals surface area contributed by atoms with Gasteiger partial charge in [0.25, 0.3) is 0 Å². The van der Waals surface area contributed by atoms with Crippen molar-refractivity contribution in [2.75, 3.05) is 31.1 Å². The van der Waals surface area contributed by atoms with E-state index in [-0.39, 0.29) is 5.75 Å². The molecule has 136 valence electrons. The Morgan fingerprint density at radius 3 is 2.46 bits per heavy atom. The summed E-state index contributed by atoms with van der Waals surface area (Å²) in [6.07, 6.45) is 0. The van der Waals surface area contributed by atoms with E-state index in [4.69, 9.17) is 9.97 Å². The lowest BCUT2D eigenvalue weighted by Crippen LogP contribution is -2.44. The van der Waals surface area contributed by atoms with E-state index in [9.17, 15) is 5.11 Å². The van der Waals surface area contributed by atoms with Gasteiger partial charge in [-0.2, -0.15) is 0 Å². The Hall–Kier alpha value is -2.66. The van der Waals surface area contributed by atoms with Crippen LogP contribution in [0, 0.1) is 6.92 Å². The van der Waals surface area contributed by atoms with Crippen LogP contribution in [0.5, 0.6) is 5.75 Å². The highest BCUT2D eigenvalue weighted by Gasteiger charge is 2.18. The number of nitrogens with zero attached hydrogens (tertiary/aromatic N) is 3. The highest BCUT2D eigenvalue weighted by molar-refractivity contribution is 5.91. The summed E-state index contributed by atoms with van der Waals surface area (Å²) in [5.41, 5.74) is 2.74. The van der Waals surface area contributed by atoms with E-state index in [0.29, 0.717) is 11.4 Å². The first kappa shape index (κ1) is 18.1. The van der Waals surface area contributed by atoms with Gasteiger partial charge in [-0.05, 0) is 36.8 Å². The van der Waals surface area contributed by atoms with Crippen LogP contribution >= 0.6 is 0 Å². The summed E-state index contributed by atoms with van der Waals surface area (Å²) >= 11 is 0. The number of piperazine rings is 1. The van der Waals surface area contributed by atoms with Crippen molar-refractivity contribution in [3.63, 3.8) is 0 Å². The molecule has 0 saturated carbocycles. The van der Waals surface area contributed by atoms with E-state index in [1.807, 2.05) is 26.0 Å². The molecule has 0 bridgehead atoms. The third-order valence-electron chi connectivity index (χ3n) is 4.39. The molecule has 0 spiro atoms. The molecule has 0 aliphatic carbocycles. The minimum atomic E-state index is 0.204. The zero-order chi connectivity index (χ0) is 18.5. The van der Waals surface area contributed by atoms with Crippen LogP contribution in [0.25, 0.3) is 22.3 Å². The number of aromatic nitrogens is 2. The molecule has 2 aromatic carbocycles. The molecule has 5 heteroatoms. The van der Waals surface area contributed by atoms with Crippen LogP contribution in [0.4, 0.5) is 5.82 Å². The van der Waals surface area contributed by atoms with Crippen LogP contribution in [0.3, 0.4) is 0 Å². The lowest BCUT2D eigenvalue weighted by atomic mass is 10.1. The summed E-state index contributed by atoms with van der Waals surface area (Å²) in [5.74, 6) is 1.72. The highest BCUT2D eigenvalue weighted by Crippen LogP contribution is 2.31. The molecular weight excluding hydrogens is 324 g/mol. The van der Waals surface area contributed by atoms with Gasteiger partial charge in [0.2, 0.25) is 0 Å². The molecule has 1 aromatic heterocycles. The fourth-order valence-corrected chi connectivity index (χ4v) is 3.12. The molecule has 0 amide bonds. The molecule has 0 unspecified atom stereocenters. The molecule has 2 N–H and O–H groups in total. The third kappa shape index (κ3) is 3.63. The fourth-order valence-electron chi connectivity index (χ4n) is 3.12. The first-order valence-electron chi connectivity index (χ1n) is 9.25. The van der Waals surface area contributed by atoms with Gasteiger partial charge in [-0.1, -0.05) is 32.0 Å². The largest absolute Gasteiger partial charge is 0.507 e. The van der Waals surface area contributed by atoms with Crippen molar-refractivity contribution >= 4 is 16.7 Å². The van der Waals surface area contributed by atoms with Crippen LogP contribution in [-0.2, 0) is 0 Å². The van der Waals surface area contributed by atoms with Crippen LogP contribution in [0.1, 0.15) is 19.4 Å². The molecule has 4 rings (SSSR count). The number of hydrogen-bond donors (Lipinski definition) is 2. The van der Waals surface area contributed by atoms with E-state index >= 15 is 0 Å². The van der Waals surface area contributed by atoms with Crippen LogP contribution in [0.2, 0.25) is 0 Å². The van der Waals surface area contributed by atoms with Crippen molar-refractivity contribution in [3.05, 3.63) is 48.0 Å². The molecule has 3 aromatic rings. The number of nitrogens with one attached hydrogen (secondary N) is 1. The number of phenols is 1. The van der Waals surface area contributed by atoms with Gasteiger partial charge in [-0.3, -0.25) is 0 Å². The Morgan fingerprint density at radius 2 is 1.73 bits per heavy atom. The Morgan fingerprint density at radius 1 is 1.00 bits per heavy atom. The Balaban J connectivity index is 0.000000948. The molecule has 0 atom stereocenters. The van der Waals surface area contributed by atoms with Crippen molar-refractivity contribution in [1.82, 2.24) is 15.3 Å². The van der Waals surface area contributed by atoms with Gasteiger partial charge in [-0.25, -0.2) is 9.97 Å². The standard InChI is InChI=1S/C19H20N4O.C2H6/c1-13-6-7-14-16(12-13)21-18(15-4-2-3-5-17(15)24)22-19(14)23-10-8-20-9-11-23;1-2/h2-7,12,20,24H,8-11H2,1H3;1-2H3. The number of para-hydroxylation sites is 1. The van der Waals surface area contributed by atoms with Gasteiger partial charge < -0.3 is 15.3 Å². The number of phenolic OH excluding ortho intramolecular Hbond substituents is 1. The zero-order valence-electron chi connectivity index (χ0n) is 15.7. The fraction of sp³-hybridized carbons (Fsp3) is 0.333. The average Bonchev–Trinajstić information content (AvgIpc) is 2.69. The number of hydrogen-bond acceptors (Lipinski definition) is 5. The molecule has 1 saturated heterocycles. The summed E-state index contributed by atoms with van der Waals surface area (Å²) in [6.45, 7) is 9.79. The zero-order valence-corrected chi connectivity index (χ0v) is 15.7. The second-order valence-corrected chi connectivity index (χ2v) is 6.15. The maximum atomic E-state index is 10.2. The van der Waals surface area contributed by atoms with Crippen molar-refractivity contribution in [2.24, 2.45) is 0 Å². The number of rotatable bonds is 2. The van der Waals surface area contributed by atoms with E-state index in [0.717, 1.165) is 48.5 Å². The van der Waals surface area contributed by atoms with Gasteiger partial charge in [0, 0.05) is 31.6 Å². The molecule has 1 fully saturated rings. The van der Waals surface area contributed by atoms with Gasteiger partial charge >= 0.3 is 0 Å². The smallest absolute Gasteiger partial charge is 0.165 e. The predicted molar refractivity (Wildman–Crippen MR) is 108 cm³/mol. The SMILES string of the molecule is CC.Cc1ccc2c(N3CCNCC3)nc(-c3ccccc3O)nc2c1. The summed E-state index contributed by atoms with van der Waals surface area (Å²) in [7, 11) is 0. The van der Waals surface area contributed by atoms with Gasteiger partial charge in [-0.15, -0.1) is 0 Å². The van der Waals surface area contributed by atoms with Crippen molar-refractivity contribution in [2.45, 2.75) is 20.8 Å². The Kier molecular flexibility index (Phi) is 5.68. The molecule has 1 aliphatic rings. The quantitative estimate of drug-likeness (QED) is 0.737. The number of aromatic hydroxyl groups is 1. The summed E-state index contributed by atoms with van der Waals surface area (Å²) < 4.78 is 0. The monoisotopic (exact) mass is 350 g/mol. The van der Waals surface area contributed by atoms with Crippen molar-refractivity contribution in [3.8, 4) is 17.1 Å². The third-order valence-corrected chi connectivity index (χ3v) is 4.39. The summed E-state index contributed by atoms with van der Waals surface area (Å²) in [4.78, 5) is 11.8. The first-order chi connectivity index (χ1) is 12.7. The van der Waals surface area contributed by atoms with Crippen LogP contribution in [-0.4, -0.2) is 41.3 Å². The van der Waals surface area contributed by atoms with Gasteiger partial charge in [0.05, 0.1) is 11.1 Å². The molecular formula is C21H26N4O. The van der Waals surface area contributed by atoms with Gasteiger partial charge in [0.15, 0.2) is 5.82 Å². The normalized spacial score (nSPS) is 14.0.